The predicted octanol–water partition coefficient (Wildman–Crippen LogP) is 1.75. The summed E-state index contributed by atoms with van der Waals surface area (Å²) in [4.78, 5) is 28.4. The number of hydrogen-bond donors (Lipinski definition) is 2. The maximum atomic E-state index is 12.5. The van der Waals surface area contributed by atoms with Crippen molar-refractivity contribution in [2.24, 2.45) is 0 Å². The summed E-state index contributed by atoms with van der Waals surface area (Å²) < 4.78 is 10.9. The molecule has 126 valence electrons. The highest BCUT2D eigenvalue weighted by atomic mass is 32.1. The first-order valence-electron chi connectivity index (χ1n) is 7.77. The van der Waals surface area contributed by atoms with E-state index in [2.05, 4.69) is 10.3 Å². The van der Waals surface area contributed by atoms with Gasteiger partial charge in [-0.1, -0.05) is 0 Å². The van der Waals surface area contributed by atoms with Crippen LogP contribution in [0.1, 0.15) is 52.9 Å². The zero-order chi connectivity index (χ0) is 16.3. The molecule has 3 heterocycles. The minimum Gasteiger partial charge on any atom is -0.481 e. The van der Waals surface area contributed by atoms with Crippen molar-refractivity contribution in [3.05, 3.63) is 16.1 Å². The van der Waals surface area contributed by atoms with Crippen molar-refractivity contribution in [3.63, 3.8) is 0 Å². The highest BCUT2D eigenvalue weighted by Crippen LogP contribution is 2.32. The van der Waals surface area contributed by atoms with Gasteiger partial charge in [0.25, 0.3) is 5.91 Å². The molecule has 0 spiro atoms. The molecule has 1 amide bonds. The average Bonchev–Trinajstić information content (AvgIpc) is 3.18. The van der Waals surface area contributed by atoms with Gasteiger partial charge >= 0.3 is 5.97 Å². The second-order valence-corrected chi connectivity index (χ2v) is 7.04. The minimum absolute atomic E-state index is 0.0161. The lowest BCUT2D eigenvalue weighted by Crippen LogP contribution is -2.53. The van der Waals surface area contributed by atoms with E-state index in [0.717, 1.165) is 24.5 Å². The van der Waals surface area contributed by atoms with Crippen molar-refractivity contribution in [1.29, 1.82) is 0 Å². The summed E-state index contributed by atoms with van der Waals surface area (Å²) >= 11 is 1.32. The lowest BCUT2D eigenvalue weighted by atomic mass is 9.86. The second kappa shape index (κ2) is 6.94. The molecule has 0 aliphatic carbocycles. The van der Waals surface area contributed by atoms with Crippen molar-refractivity contribution in [1.82, 2.24) is 10.3 Å². The standard InChI is InChI=1S/C15H20N2O5S/c18-12(19)8-15(3-6-21-7-4-15)17-13(20)11-9-16-14(23-11)10-2-1-5-22-10/h9-10H,1-8H2,(H,17,20)(H,18,19). The Morgan fingerprint density at radius 3 is 2.83 bits per heavy atom. The van der Waals surface area contributed by atoms with Crippen molar-refractivity contribution in [2.45, 2.75) is 43.7 Å². The Labute approximate surface area is 138 Å². The quantitative estimate of drug-likeness (QED) is 0.847. The van der Waals surface area contributed by atoms with Gasteiger partial charge in [0, 0.05) is 19.8 Å². The monoisotopic (exact) mass is 340 g/mol. The minimum atomic E-state index is -0.920. The lowest BCUT2D eigenvalue weighted by Gasteiger charge is -2.36. The fourth-order valence-electron chi connectivity index (χ4n) is 3.01. The number of rotatable bonds is 5. The highest BCUT2D eigenvalue weighted by Gasteiger charge is 2.37. The number of ether oxygens (including phenoxy) is 2. The van der Waals surface area contributed by atoms with Crippen molar-refractivity contribution in [3.8, 4) is 0 Å². The van der Waals surface area contributed by atoms with Gasteiger partial charge in [0.1, 0.15) is 16.0 Å². The molecule has 0 bridgehead atoms. The second-order valence-electron chi connectivity index (χ2n) is 5.98. The molecular formula is C15H20N2O5S. The predicted molar refractivity (Wildman–Crippen MR) is 82.5 cm³/mol. The number of amides is 1. The van der Waals surface area contributed by atoms with E-state index in [1.165, 1.54) is 11.3 Å². The molecule has 2 fully saturated rings. The van der Waals surface area contributed by atoms with Gasteiger partial charge in [-0.15, -0.1) is 11.3 Å². The van der Waals surface area contributed by atoms with E-state index in [0.29, 0.717) is 30.9 Å². The van der Waals surface area contributed by atoms with E-state index in [1.807, 2.05) is 0 Å². The number of nitrogens with one attached hydrogen (secondary N) is 1. The van der Waals surface area contributed by atoms with E-state index in [9.17, 15) is 9.59 Å². The van der Waals surface area contributed by atoms with Crippen molar-refractivity contribution < 1.29 is 24.2 Å². The average molecular weight is 340 g/mol. The number of aromatic nitrogens is 1. The fraction of sp³-hybridized carbons (Fsp3) is 0.667. The molecule has 0 aromatic carbocycles. The Balaban J connectivity index is 1.70. The molecule has 2 N–H and O–H groups in total. The first-order valence-corrected chi connectivity index (χ1v) is 8.59. The largest absolute Gasteiger partial charge is 0.481 e. The molecule has 1 aromatic heterocycles. The molecule has 1 unspecified atom stereocenters. The van der Waals surface area contributed by atoms with Gasteiger partial charge < -0.3 is 19.9 Å². The fourth-order valence-corrected chi connectivity index (χ4v) is 3.91. The third-order valence-electron chi connectivity index (χ3n) is 4.27. The van der Waals surface area contributed by atoms with E-state index in [-0.39, 0.29) is 18.4 Å². The SMILES string of the molecule is O=C(O)CC1(NC(=O)c2cnc(C3CCCO3)s2)CCOCC1. The van der Waals surface area contributed by atoms with Gasteiger partial charge in [-0.05, 0) is 25.7 Å². The normalized spacial score (nSPS) is 23.6. The van der Waals surface area contributed by atoms with Crippen LogP contribution in [0.15, 0.2) is 6.20 Å². The molecule has 7 nitrogen and oxygen atoms in total. The van der Waals surface area contributed by atoms with Crippen LogP contribution in [0.2, 0.25) is 0 Å². The van der Waals surface area contributed by atoms with E-state index < -0.39 is 11.5 Å². The Morgan fingerprint density at radius 1 is 1.39 bits per heavy atom. The van der Waals surface area contributed by atoms with Crippen LogP contribution in [0.25, 0.3) is 0 Å². The summed E-state index contributed by atoms with van der Waals surface area (Å²) in [5.74, 6) is -1.19. The molecule has 2 aliphatic rings. The zero-order valence-corrected chi connectivity index (χ0v) is 13.6. The number of thiazole rings is 1. The maximum Gasteiger partial charge on any atom is 0.305 e. The van der Waals surface area contributed by atoms with E-state index in [1.54, 1.807) is 6.20 Å². The van der Waals surface area contributed by atoms with Gasteiger partial charge in [0.2, 0.25) is 0 Å². The number of carboxylic acids is 1. The Hall–Kier alpha value is -1.51. The van der Waals surface area contributed by atoms with Crippen LogP contribution in [0.3, 0.4) is 0 Å². The van der Waals surface area contributed by atoms with Gasteiger partial charge in [0.15, 0.2) is 0 Å². The van der Waals surface area contributed by atoms with Crippen molar-refractivity contribution in [2.75, 3.05) is 19.8 Å². The molecular weight excluding hydrogens is 320 g/mol. The topological polar surface area (TPSA) is 97.8 Å². The van der Waals surface area contributed by atoms with Gasteiger partial charge in [-0.2, -0.15) is 0 Å². The van der Waals surface area contributed by atoms with Crippen LogP contribution in [0.5, 0.6) is 0 Å². The molecule has 23 heavy (non-hydrogen) atoms. The molecule has 2 aliphatic heterocycles. The third kappa shape index (κ3) is 3.88. The summed E-state index contributed by atoms with van der Waals surface area (Å²) in [6.45, 7) is 1.64. The van der Waals surface area contributed by atoms with Gasteiger partial charge in [-0.25, -0.2) is 4.98 Å². The zero-order valence-electron chi connectivity index (χ0n) is 12.7. The smallest absolute Gasteiger partial charge is 0.305 e. The van der Waals surface area contributed by atoms with Crippen LogP contribution < -0.4 is 5.32 Å². The molecule has 3 rings (SSSR count). The summed E-state index contributed by atoms with van der Waals surface area (Å²) in [7, 11) is 0. The van der Waals surface area contributed by atoms with E-state index >= 15 is 0 Å². The summed E-state index contributed by atoms with van der Waals surface area (Å²) in [6.07, 6.45) is 4.37. The van der Waals surface area contributed by atoms with Crippen LogP contribution in [-0.4, -0.2) is 47.3 Å². The Bertz CT molecular complexity index is 576. The Kier molecular flexibility index (Phi) is 4.93. The number of carboxylic acid groups (broad SMARTS) is 1. The molecule has 0 radical (unpaired) electrons. The molecule has 0 saturated carbocycles. The van der Waals surface area contributed by atoms with Crippen molar-refractivity contribution >= 4 is 23.2 Å². The first-order chi connectivity index (χ1) is 11.1. The molecule has 8 heteroatoms. The summed E-state index contributed by atoms with van der Waals surface area (Å²) in [5.41, 5.74) is -0.741. The maximum absolute atomic E-state index is 12.5. The van der Waals surface area contributed by atoms with Crippen LogP contribution in [0, 0.1) is 0 Å². The van der Waals surface area contributed by atoms with Crippen LogP contribution in [0.4, 0.5) is 0 Å². The van der Waals surface area contributed by atoms with Crippen LogP contribution >= 0.6 is 11.3 Å². The third-order valence-corrected chi connectivity index (χ3v) is 5.36. The van der Waals surface area contributed by atoms with Crippen LogP contribution in [-0.2, 0) is 14.3 Å². The molecule has 1 atom stereocenters. The highest BCUT2D eigenvalue weighted by molar-refractivity contribution is 7.13. The number of aliphatic carboxylic acids is 1. The first kappa shape index (κ1) is 16.4. The lowest BCUT2D eigenvalue weighted by molar-refractivity contribution is -0.139. The number of carbonyl (C=O) groups is 2. The summed E-state index contributed by atoms with van der Waals surface area (Å²) in [5, 5.41) is 12.9. The molecule has 1 aromatic rings. The number of hydrogen-bond acceptors (Lipinski definition) is 6. The molecule has 2 saturated heterocycles. The summed E-state index contributed by atoms with van der Waals surface area (Å²) in [6, 6.07) is 0. The van der Waals surface area contributed by atoms with Gasteiger partial charge in [-0.3, -0.25) is 9.59 Å². The number of nitrogens with zero attached hydrogens (tertiary/aromatic N) is 1. The number of carbonyl (C=O) groups excluding carboxylic acids is 1. The van der Waals surface area contributed by atoms with E-state index in [4.69, 9.17) is 14.6 Å². The van der Waals surface area contributed by atoms with Gasteiger partial charge in [0.05, 0.1) is 18.2 Å². The Morgan fingerprint density at radius 2 is 2.17 bits per heavy atom.